The predicted octanol–water partition coefficient (Wildman–Crippen LogP) is 2.96. The van der Waals surface area contributed by atoms with Crippen molar-refractivity contribution in [2.75, 3.05) is 25.6 Å². The Kier molecular flexibility index (Phi) is 5.37. The molecule has 1 saturated heterocycles. The summed E-state index contributed by atoms with van der Waals surface area (Å²) in [4.78, 5) is 25.6. The Hall–Kier alpha value is -3.08. The number of nitrogens with zero attached hydrogens (tertiary/aromatic N) is 1. The van der Waals surface area contributed by atoms with Crippen LogP contribution in [0.4, 0.5) is 5.69 Å². The molecule has 1 aliphatic heterocycles. The van der Waals surface area contributed by atoms with Crippen LogP contribution in [0.1, 0.15) is 17.5 Å². The SMILES string of the molecule is CNC(=O)C1CC(=O)N(c2ccc(/C=C/c3cccc(OC)c3)cc2)C1. The molecule has 0 aromatic heterocycles. The van der Waals surface area contributed by atoms with Gasteiger partial charge in [0.2, 0.25) is 11.8 Å². The van der Waals surface area contributed by atoms with Crippen molar-refractivity contribution in [2.45, 2.75) is 6.42 Å². The molecule has 26 heavy (non-hydrogen) atoms. The highest BCUT2D eigenvalue weighted by Gasteiger charge is 2.34. The van der Waals surface area contributed by atoms with E-state index in [1.165, 1.54) is 0 Å². The number of rotatable bonds is 5. The Balaban J connectivity index is 1.69. The molecule has 0 radical (unpaired) electrons. The fraction of sp³-hybridized carbons (Fsp3) is 0.238. The van der Waals surface area contributed by atoms with Crippen molar-refractivity contribution in [3.8, 4) is 5.75 Å². The molecule has 1 aliphatic rings. The molecule has 1 heterocycles. The molecule has 1 atom stereocenters. The highest BCUT2D eigenvalue weighted by atomic mass is 16.5. The molecule has 0 bridgehead atoms. The Labute approximate surface area is 153 Å². The number of nitrogens with one attached hydrogen (secondary N) is 1. The quantitative estimate of drug-likeness (QED) is 0.844. The maximum Gasteiger partial charge on any atom is 0.227 e. The molecule has 1 N–H and O–H groups in total. The van der Waals surface area contributed by atoms with Crippen LogP contribution in [0, 0.1) is 5.92 Å². The lowest BCUT2D eigenvalue weighted by atomic mass is 10.1. The van der Waals surface area contributed by atoms with Gasteiger partial charge in [0.1, 0.15) is 5.75 Å². The van der Waals surface area contributed by atoms with Crippen LogP contribution in [-0.4, -0.2) is 32.5 Å². The Morgan fingerprint density at radius 2 is 1.88 bits per heavy atom. The smallest absolute Gasteiger partial charge is 0.227 e. The van der Waals surface area contributed by atoms with Crippen LogP contribution < -0.4 is 15.0 Å². The molecular weight excluding hydrogens is 328 g/mol. The fourth-order valence-electron chi connectivity index (χ4n) is 3.04. The number of carbonyl (C=O) groups is 2. The van der Waals surface area contributed by atoms with E-state index >= 15 is 0 Å². The topological polar surface area (TPSA) is 58.6 Å². The Bertz CT molecular complexity index is 827. The molecule has 1 unspecified atom stereocenters. The van der Waals surface area contributed by atoms with E-state index < -0.39 is 0 Å². The summed E-state index contributed by atoms with van der Waals surface area (Å²) in [5.74, 6) is 0.442. The normalized spacial score (nSPS) is 16.9. The minimum absolute atomic E-state index is 0.0155. The molecule has 134 valence electrons. The van der Waals surface area contributed by atoms with Crippen molar-refractivity contribution in [1.82, 2.24) is 5.32 Å². The molecule has 2 amide bonds. The summed E-state index contributed by atoms with van der Waals surface area (Å²) in [6.07, 6.45) is 4.29. The molecule has 1 fully saturated rings. The molecule has 2 aromatic rings. The predicted molar refractivity (Wildman–Crippen MR) is 103 cm³/mol. The van der Waals surface area contributed by atoms with Crippen LogP contribution in [-0.2, 0) is 9.59 Å². The Morgan fingerprint density at radius 1 is 1.15 bits per heavy atom. The summed E-state index contributed by atoms with van der Waals surface area (Å²) in [6.45, 7) is 0.428. The lowest BCUT2D eigenvalue weighted by Gasteiger charge is -2.16. The number of anilines is 1. The first-order chi connectivity index (χ1) is 12.6. The number of ether oxygens (including phenoxy) is 1. The average Bonchev–Trinajstić information content (AvgIpc) is 3.08. The average molecular weight is 350 g/mol. The van der Waals surface area contributed by atoms with E-state index in [9.17, 15) is 9.59 Å². The lowest BCUT2D eigenvalue weighted by molar-refractivity contribution is -0.125. The summed E-state index contributed by atoms with van der Waals surface area (Å²) in [7, 11) is 3.24. The zero-order chi connectivity index (χ0) is 18.5. The van der Waals surface area contributed by atoms with Crippen LogP contribution in [0.25, 0.3) is 12.2 Å². The van der Waals surface area contributed by atoms with Crippen LogP contribution >= 0.6 is 0 Å². The van der Waals surface area contributed by atoms with Gasteiger partial charge in [0, 0.05) is 25.7 Å². The zero-order valence-corrected chi connectivity index (χ0v) is 14.9. The number of methoxy groups -OCH3 is 1. The monoisotopic (exact) mass is 350 g/mol. The molecule has 5 nitrogen and oxygen atoms in total. The summed E-state index contributed by atoms with van der Waals surface area (Å²) in [6, 6.07) is 15.6. The molecule has 2 aromatic carbocycles. The highest BCUT2D eigenvalue weighted by molar-refractivity contribution is 6.00. The van der Waals surface area contributed by atoms with E-state index in [-0.39, 0.29) is 24.2 Å². The second-order valence-corrected chi connectivity index (χ2v) is 6.22. The summed E-state index contributed by atoms with van der Waals surface area (Å²) >= 11 is 0. The summed E-state index contributed by atoms with van der Waals surface area (Å²) in [5.41, 5.74) is 2.91. The van der Waals surface area contributed by atoms with Crippen molar-refractivity contribution in [1.29, 1.82) is 0 Å². The second kappa shape index (κ2) is 7.87. The minimum Gasteiger partial charge on any atom is -0.497 e. The van der Waals surface area contributed by atoms with Gasteiger partial charge in [-0.1, -0.05) is 36.4 Å². The third-order valence-electron chi connectivity index (χ3n) is 4.51. The van der Waals surface area contributed by atoms with Gasteiger partial charge in [-0.2, -0.15) is 0 Å². The van der Waals surface area contributed by atoms with Gasteiger partial charge in [0.05, 0.1) is 13.0 Å². The number of carbonyl (C=O) groups excluding carboxylic acids is 2. The molecule has 0 spiro atoms. The van der Waals surface area contributed by atoms with Gasteiger partial charge < -0.3 is 15.0 Å². The van der Waals surface area contributed by atoms with Crippen molar-refractivity contribution >= 4 is 29.7 Å². The van der Waals surface area contributed by atoms with Crippen LogP contribution in [0.2, 0.25) is 0 Å². The van der Waals surface area contributed by atoms with E-state index in [0.29, 0.717) is 6.54 Å². The number of amides is 2. The number of hydrogen-bond donors (Lipinski definition) is 1. The third kappa shape index (κ3) is 3.94. The number of benzene rings is 2. The fourth-order valence-corrected chi connectivity index (χ4v) is 3.04. The van der Waals surface area contributed by atoms with Gasteiger partial charge in [-0.15, -0.1) is 0 Å². The summed E-state index contributed by atoms with van der Waals surface area (Å²) in [5, 5.41) is 2.61. The highest BCUT2D eigenvalue weighted by Crippen LogP contribution is 2.26. The molecule has 5 heteroatoms. The minimum atomic E-state index is -0.278. The summed E-state index contributed by atoms with van der Waals surface area (Å²) < 4.78 is 5.22. The van der Waals surface area contributed by atoms with Crippen molar-refractivity contribution < 1.29 is 14.3 Å². The van der Waals surface area contributed by atoms with Gasteiger partial charge in [-0.25, -0.2) is 0 Å². The van der Waals surface area contributed by atoms with Crippen molar-refractivity contribution in [3.05, 3.63) is 59.7 Å². The van der Waals surface area contributed by atoms with Gasteiger partial charge in [-0.3, -0.25) is 9.59 Å². The first-order valence-corrected chi connectivity index (χ1v) is 8.55. The van der Waals surface area contributed by atoms with Crippen LogP contribution in [0.15, 0.2) is 48.5 Å². The van der Waals surface area contributed by atoms with Crippen molar-refractivity contribution in [2.24, 2.45) is 5.92 Å². The zero-order valence-electron chi connectivity index (χ0n) is 14.9. The number of hydrogen-bond acceptors (Lipinski definition) is 3. The Morgan fingerprint density at radius 3 is 2.58 bits per heavy atom. The first kappa shape index (κ1) is 17.7. The van der Waals surface area contributed by atoms with E-state index in [1.807, 2.05) is 60.7 Å². The third-order valence-corrected chi connectivity index (χ3v) is 4.51. The van der Waals surface area contributed by atoms with Gasteiger partial charge in [0.15, 0.2) is 0 Å². The van der Waals surface area contributed by atoms with E-state index in [1.54, 1.807) is 19.1 Å². The van der Waals surface area contributed by atoms with E-state index in [0.717, 1.165) is 22.6 Å². The van der Waals surface area contributed by atoms with Gasteiger partial charge in [0.25, 0.3) is 0 Å². The van der Waals surface area contributed by atoms with Gasteiger partial charge >= 0.3 is 0 Å². The van der Waals surface area contributed by atoms with E-state index in [2.05, 4.69) is 5.32 Å². The molecule has 0 saturated carbocycles. The van der Waals surface area contributed by atoms with Gasteiger partial charge in [-0.05, 0) is 35.4 Å². The van der Waals surface area contributed by atoms with E-state index in [4.69, 9.17) is 4.74 Å². The maximum absolute atomic E-state index is 12.2. The van der Waals surface area contributed by atoms with Crippen LogP contribution in [0.5, 0.6) is 5.75 Å². The maximum atomic E-state index is 12.2. The largest absolute Gasteiger partial charge is 0.497 e. The first-order valence-electron chi connectivity index (χ1n) is 8.55. The van der Waals surface area contributed by atoms with Crippen molar-refractivity contribution in [3.63, 3.8) is 0 Å². The standard InChI is InChI=1S/C21H22N2O3/c1-22-21(25)17-13-20(24)23(14-17)18-10-8-15(9-11-18)6-7-16-4-3-5-19(12-16)26-2/h3-12,17H,13-14H2,1-2H3,(H,22,25)/b7-6+. The second-order valence-electron chi connectivity index (χ2n) is 6.22. The molecule has 0 aliphatic carbocycles. The van der Waals surface area contributed by atoms with Crippen LogP contribution in [0.3, 0.4) is 0 Å². The lowest BCUT2D eigenvalue weighted by Crippen LogP contribution is -2.30. The molecule has 3 rings (SSSR count). The molecular formula is C21H22N2O3.